The largest absolute Gasteiger partial charge is 0.454 e. The van der Waals surface area contributed by atoms with Crippen LogP contribution in [0, 0.1) is 37.8 Å². The molecule has 2 aromatic heterocycles. The number of aryl methyl sites for hydroxylation is 1. The SMILES string of the molecule is [2H]c1c(C([2H])(C)C([2H])([2H])[2H])c(C([2H])([2H])[2H])c(C)[n+](C)c1-c1c(C)ccc2c1oc1c(C#N)c(F)ccc12. The zero-order chi connectivity index (χ0) is 27.8. The van der Waals surface area contributed by atoms with E-state index in [1.807, 2.05) is 6.07 Å². The number of hydrogen-bond acceptors (Lipinski definition) is 2. The minimum Gasteiger partial charge on any atom is -0.454 e. The standard InChI is InChI=1S/C25H24FN2O/c1-13(2)19-11-22(28(6)16(5)15(19)4)23-14(3)7-8-18-17-9-10-21(26)20(12-27)24(17)29-25(18)23/h7-11,13H,1-6H3/q+1/i1D3,4D3,11D,13D. The molecular formula is C25H24FN2O+. The van der Waals surface area contributed by atoms with E-state index >= 15 is 0 Å². The Morgan fingerprint density at radius 1 is 1.24 bits per heavy atom. The summed E-state index contributed by atoms with van der Waals surface area (Å²) < 4.78 is 87.9. The number of aromatic nitrogens is 1. The summed E-state index contributed by atoms with van der Waals surface area (Å²) in [6, 6.07) is 7.52. The molecule has 2 aromatic carbocycles. The highest BCUT2D eigenvalue weighted by Gasteiger charge is 2.26. The average molecular weight is 396 g/mol. The maximum absolute atomic E-state index is 14.3. The fraction of sp³-hybridized carbons (Fsp3) is 0.280. The van der Waals surface area contributed by atoms with Crippen molar-refractivity contribution in [2.24, 2.45) is 7.05 Å². The summed E-state index contributed by atoms with van der Waals surface area (Å²) in [5, 5.41) is 10.5. The molecule has 0 aliphatic heterocycles. The summed E-state index contributed by atoms with van der Waals surface area (Å²) in [7, 11) is 1.56. The first-order valence-corrected chi connectivity index (χ1v) is 9.04. The number of halogens is 1. The lowest BCUT2D eigenvalue weighted by Crippen LogP contribution is -2.36. The molecule has 0 radical (unpaired) electrons. The van der Waals surface area contributed by atoms with Crippen LogP contribution in [-0.4, -0.2) is 0 Å². The Kier molecular flexibility index (Phi) is 2.71. The molecular weight excluding hydrogens is 363 g/mol. The van der Waals surface area contributed by atoms with Gasteiger partial charge in [0.2, 0.25) is 5.69 Å². The molecule has 29 heavy (non-hydrogen) atoms. The Morgan fingerprint density at radius 3 is 2.66 bits per heavy atom. The molecule has 4 aromatic rings. The van der Waals surface area contributed by atoms with Crippen molar-refractivity contribution in [1.29, 1.82) is 5.26 Å². The zero-order valence-corrected chi connectivity index (χ0v) is 16.5. The maximum Gasteiger partial charge on any atom is 0.216 e. The van der Waals surface area contributed by atoms with Gasteiger partial charge in [-0.15, -0.1) is 0 Å². The summed E-state index contributed by atoms with van der Waals surface area (Å²) >= 11 is 0. The van der Waals surface area contributed by atoms with Crippen LogP contribution in [-0.2, 0) is 7.05 Å². The van der Waals surface area contributed by atoms with E-state index in [9.17, 15) is 9.65 Å². The third-order valence-electron chi connectivity index (χ3n) is 5.38. The molecule has 3 nitrogen and oxygen atoms in total. The Hall–Kier alpha value is -3.19. The highest BCUT2D eigenvalue weighted by Crippen LogP contribution is 2.39. The lowest BCUT2D eigenvalue weighted by Gasteiger charge is -2.14. The smallest absolute Gasteiger partial charge is 0.216 e. The normalized spacial score (nSPS) is 18.5. The van der Waals surface area contributed by atoms with E-state index in [1.165, 1.54) is 23.6 Å². The lowest BCUT2D eigenvalue weighted by molar-refractivity contribution is -0.667. The first kappa shape index (κ1) is 11.7. The third kappa shape index (κ3) is 2.73. The summed E-state index contributed by atoms with van der Waals surface area (Å²) in [6.45, 7) is -1.41. The predicted octanol–water partition coefficient (Wildman–Crippen LogP) is 6.14. The van der Waals surface area contributed by atoms with Crippen molar-refractivity contribution in [1.82, 2.24) is 0 Å². The van der Waals surface area contributed by atoms with Gasteiger partial charge < -0.3 is 4.42 Å². The fourth-order valence-electron chi connectivity index (χ4n) is 3.67. The lowest BCUT2D eigenvalue weighted by atomic mass is 9.93. The second-order valence-electron chi connectivity index (χ2n) is 7.14. The van der Waals surface area contributed by atoms with Crippen LogP contribution in [0.2, 0.25) is 0 Å². The van der Waals surface area contributed by atoms with Gasteiger partial charge in [0, 0.05) is 38.9 Å². The number of nitrogens with zero attached hydrogens (tertiary/aromatic N) is 2. The van der Waals surface area contributed by atoms with Crippen LogP contribution >= 0.6 is 0 Å². The van der Waals surface area contributed by atoms with E-state index < -0.39 is 37.0 Å². The number of furan rings is 1. The van der Waals surface area contributed by atoms with E-state index in [0.29, 0.717) is 21.9 Å². The van der Waals surface area contributed by atoms with E-state index in [1.54, 1.807) is 26.1 Å². The predicted molar refractivity (Wildman–Crippen MR) is 113 cm³/mol. The highest BCUT2D eigenvalue weighted by molar-refractivity contribution is 6.11. The summed E-state index contributed by atoms with van der Waals surface area (Å²) in [5.41, 5.74) is 0.481. The number of fused-ring (bicyclic) bond motifs is 3. The first-order chi connectivity index (χ1) is 16.9. The number of rotatable bonds is 2. The second-order valence-corrected chi connectivity index (χ2v) is 7.14. The molecule has 0 N–H and O–H groups in total. The van der Waals surface area contributed by atoms with Crippen LogP contribution in [0.5, 0.6) is 0 Å². The molecule has 0 bridgehead atoms. The van der Waals surface area contributed by atoms with Gasteiger partial charge >= 0.3 is 0 Å². The van der Waals surface area contributed by atoms with Gasteiger partial charge in [0.1, 0.15) is 30.1 Å². The van der Waals surface area contributed by atoms with Crippen molar-refractivity contribution in [2.45, 2.75) is 40.4 Å². The maximum atomic E-state index is 14.3. The van der Waals surface area contributed by atoms with Crippen LogP contribution in [0.25, 0.3) is 33.2 Å². The van der Waals surface area contributed by atoms with Crippen molar-refractivity contribution in [3.8, 4) is 17.3 Å². The quantitative estimate of drug-likeness (QED) is 0.383. The summed E-state index contributed by atoms with van der Waals surface area (Å²) in [4.78, 5) is 0. The Labute approximate surface area is 181 Å². The molecule has 146 valence electrons. The molecule has 1 unspecified atom stereocenters. The van der Waals surface area contributed by atoms with Crippen LogP contribution in [0.1, 0.15) is 58.6 Å². The number of hydrogen-bond donors (Lipinski definition) is 0. The topological polar surface area (TPSA) is 40.8 Å². The highest BCUT2D eigenvalue weighted by atomic mass is 19.1. The van der Waals surface area contributed by atoms with Crippen molar-refractivity contribution < 1.29 is 24.3 Å². The van der Waals surface area contributed by atoms with Crippen molar-refractivity contribution in [2.75, 3.05) is 0 Å². The van der Waals surface area contributed by atoms with Crippen LogP contribution < -0.4 is 4.57 Å². The first-order valence-electron chi connectivity index (χ1n) is 13.0. The molecule has 0 saturated carbocycles. The average Bonchev–Trinajstić information content (AvgIpc) is 3.14. The Balaban J connectivity index is 2.26. The number of benzene rings is 2. The van der Waals surface area contributed by atoms with Gasteiger partial charge in [-0.25, -0.2) is 4.39 Å². The molecule has 1 atom stereocenters. The fourth-order valence-corrected chi connectivity index (χ4v) is 3.67. The molecule has 0 aliphatic carbocycles. The van der Waals surface area contributed by atoms with Gasteiger partial charge in [-0.05, 0) is 42.9 Å². The Bertz CT molecular complexity index is 1640. The van der Waals surface area contributed by atoms with Crippen LogP contribution in [0.4, 0.5) is 4.39 Å². The molecule has 0 spiro atoms. The zero-order valence-electron chi connectivity index (χ0n) is 24.5. The van der Waals surface area contributed by atoms with Crippen molar-refractivity contribution in [3.05, 3.63) is 64.1 Å². The minimum atomic E-state index is -2.94. The van der Waals surface area contributed by atoms with Crippen LogP contribution in [0.15, 0.2) is 34.7 Å². The van der Waals surface area contributed by atoms with Gasteiger partial charge in [0.25, 0.3) is 0 Å². The van der Waals surface area contributed by atoms with E-state index in [4.69, 9.17) is 15.4 Å². The molecule has 0 aliphatic rings. The van der Waals surface area contributed by atoms with Gasteiger partial charge in [0.05, 0.1) is 6.93 Å². The molecule has 0 saturated heterocycles. The second kappa shape index (κ2) is 6.70. The minimum absolute atomic E-state index is 0.0300. The van der Waals surface area contributed by atoms with Crippen LogP contribution in [0.3, 0.4) is 0 Å². The van der Waals surface area contributed by atoms with Gasteiger partial charge in [-0.2, -0.15) is 9.83 Å². The summed E-state index contributed by atoms with van der Waals surface area (Å²) in [5.74, 6) is -3.17. The van der Waals surface area contributed by atoms with E-state index in [2.05, 4.69) is 0 Å². The molecule has 0 amide bonds. The number of nitriles is 1. The van der Waals surface area contributed by atoms with Crippen molar-refractivity contribution >= 4 is 21.9 Å². The van der Waals surface area contributed by atoms with E-state index in [0.717, 1.165) is 6.92 Å². The third-order valence-corrected chi connectivity index (χ3v) is 5.38. The van der Waals surface area contributed by atoms with Gasteiger partial charge in [0.15, 0.2) is 11.3 Å². The molecule has 2 heterocycles. The van der Waals surface area contributed by atoms with E-state index in [-0.39, 0.29) is 33.7 Å². The molecule has 0 fully saturated rings. The Morgan fingerprint density at radius 2 is 1.97 bits per heavy atom. The monoisotopic (exact) mass is 395 g/mol. The number of pyridine rings is 1. The summed E-state index contributed by atoms with van der Waals surface area (Å²) in [6.07, 6.45) is 0. The van der Waals surface area contributed by atoms with Crippen molar-refractivity contribution in [3.63, 3.8) is 0 Å². The molecule has 4 rings (SSSR count). The van der Waals surface area contributed by atoms with Gasteiger partial charge in [-0.3, -0.25) is 0 Å². The molecule has 4 heteroatoms. The van der Waals surface area contributed by atoms with Gasteiger partial charge in [-0.1, -0.05) is 25.9 Å².